The van der Waals surface area contributed by atoms with Crippen LogP contribution in [0.5, 0.6) is 5.75 Å². The van der Waals surface area contributed by atoms with Gasteiger partial charge in [-0.15, -0.1) is 0 Å². The van der Waals surface area contributed by atoms with Crippen molar-refractivity contribution >= 4 is 20.5 Å². The molecule has 0 aliphatic heterocycles. The van der Waals surface area contributed by atoms with Gasteiger partial charge in [-0.2, -0.15) is 4.39 Å². The van der Waals surface area contributed by atoms with Crippen LogP contribution in [0.15, 0.2) is 41.5 Å². The van der Waals surface area contributed by atoms with E-state index in [0.717, 1.165) is 29.7 Å². The van der Waals surface area contributed by atoms with Gasteiger partial charge >= 0.3 is 0 Å². The Morgan fingerprint density at radius 3 is 2.44 bits per heavy atom. The molecule has 1 N–H and O–H groups in total. The van der Waals surface area contributed by atoms with Crippen molar-refractivity contribution in [3.05, 3.63) is 52.6 Å². The lowest BCUT2D eigenvalue weighted by atomic mass is 9.96. The van der Waals surface area contributed by atoms with Crippen molar-refractivity contribution in [1.82, 2.24) is 0 Å². The molecule has 1 aromatic carbocycles. The molecule has 25 heavy (non-hydrogen) atoms. The molecule has 0 bridgehead atoms. The molecular formula is C21H31FNOP. The normalized spacial score (nSPS) is 14.5. The third kappa shape index (κ3) is 5.71. The van der Waals surface area contributed by atoms with Crippen LogP contribution in [0.2, 0.25) is 0 Å². The van der Waals surface area contributed by atoms with Crippen molar-refractivity contribution in [3.63, 3.8) is 0 Å². The summed E-state index contributed by atoms with van der Waals surface area (Å²) in [4.78, 5) is 0. The number of anilines is 1. The summed E-state index contributed by atoms with van der Waals surface area (Å²) in [6.45, 7) is 10.5. The molecule has 0 radical (unpaired) electrons. The van der Waals surface area contributed by atoms with E-state index in [1.54, 1.807) is 0 Å². The van der Waals surface area contributed by atoms with Crippen molar-refractivity contribution in [2.45, 2.75) is 53.6 Å². The van der Waals surface area contributed by atoms with Crippen LogP contribution in [0.3, 0.4) is 0 Å². The van der Waals surface area contributed by atoms with Gasteiger partial charge in [0.2, 0.25) is 6.10 Å². The second kappa shape index (κ2) is 10.4. The van der Waals surface area contributed by atoms with Crippen molar-refractivity contribution in [3.8, 4) is 5.75 Å². The fraction of sp³-hybridized carbons (Fsp3) is 0.429. The van der Waals surface area contributed by atoms with Gasteiger partial charge in [-0.1, -0.05) is 58.5 Å². The van der Waals surface area contributed by atoms with Crippen LogP contribution < -0.4 is 10.1 Å². The van der Waals surface area contributed by atoms with Gasteiger partial charge in [-0.05, 0) is 50.8 Å². The molecule has 138 valence electrons. The highest BCUT2D eigenvalue weighted by Crippen LogP contribution is 2.38. The van der Waals surface area contributed by atoms with Gasteiger partial charge in [0.05, 0.1) is 0 Å². The van der Waals surface area contributed by atoms with Crippen molar-refractivity contribution in [2.75, 3.05) is 12.4 Å². The number of aryl methyl sites for hydroxylation is 1. The van der Waals surface area contributed by atoms with Crippen molar-refractivity contribution < 1.29 is 9.13 Å². The standard InChI is InChI=1S/C21H31FNOP/c1-7-14(4)15(5)10-11-16(8-2)19-18(24-21(22)25)13-12-17(9-3)20(19)23-6/h8,10-13,21,23H,7,9,25H2,1-6H3/b11-10-,15-14+,16-8+. The average molecular weight is 363 g/mol. The monoisotopic (exact) mass is 363 g/mol. The molecule has 2 nitrogen and oxygen atoms in total. The first-order chi connectivity index (χ1) is 11.9. The van der Waals surface area contributed by atoms with Crippen molar-refractivity contribution in [2.24, 2.45) is 0 Å². The van der Waals surface area contributed by atoms with Crippen molar-refractivity contribution in [1.29, 1.82) is 0 Å². The average Bonchev–Trinajstić information content (AvgIpc) is 2.61. The summed E-state index contributed by atoms with van der Waals surface area (Å²) < 4.78 is 18.9. The van der Waals surface area contributed by atoms with E-state index < -0.39 is 6.10 Å². The van der Waals surface area contributed by atoms with E-state index in [-0.39, 0.29) is 0 Å². The first-order valence-electron chi connectivity index (χ1n) is 8.80. The second-order valence-electron chi connectivity index (χ2n) is 5.94. The Hall–Kier alpha value is -1.60. The van der Waals surface area contributed by atoms with Crippen LogP contribution in [-0.4, -0.2) is 13.1 Å². The largest absolute Gasteiger partial charge is 0.457 e. The Morgan fingerprint density at radius 1 is 1.28 bits per heavy atom. The Labute approximate surface area is 154 Å². The number of hydrogen-bond acceptors (Lipinski definition) is 2. The van der Waals surface area contributed by atoms with E-state index >= 15 is 0 Å². The van der Waals surface area contributed by atoms with Gasteiger partial charge in [0.25, 0.3) is 0 Å². The Balaban J connectivity index is 3.50. The zero-order chi connectivity index (χ0) is 19.0. The molecule has 1 aromatic rings. The van der Waals surface area contributed by atoms with Gasteiger partial charge in [0.15, 0.2) is 0 Å². The zero-order valence-electron chi connectivity index (χ0n) is 16.2. The van der Waals surface area contributed by atoms with Crippen LogP contribution in [0, 0.1) is 0 Å². The number of halogens is 1. The summed E-state index contributed by atoms with van der Waals surface area (Å²) >= 11 is 0. The Bertz CT molecular complexity index is 675. The highest BCUT2D eigenvalue weighted by atomic mass is 31.0. The highest BCUT2D eigenvalue weighted by Gasteiger charge is 2.17. The van der Waals surface area contributed by atoms with Gasteiger partial charge < -0.3 is 10.1 Å². The summed E-state index contributed by atoms with van der Waals surface area (Å²) in [6.07, 6.45) is 6.69. The number of benzene rings is 1. The molecule has 2 unspecified atom stereocenters. The molecule has 0 saturated carbocycles. The van der Waals surface area contributed by atoms with Gasteiger partial charge in [0, 0.05) is 18.3 Å². The predicted octanol–water partition coefficient (Wildman–Crippen LogP) is 6.50. The number of nitrogens with one attached hydrogen (secondary N) is 1. The second-order valence-corrected chi connectivity index (χ2v) is 6.46. The molecule has 4 heteroatoms. The smallest absolute Gasteiger partial charge is 0.249 e. The topological polar surface area (TPSA) is 21.3 Å². The number of ether oxygens (including phenoxy) is 1. The predicted molar refractivity (Wildman–Crippen MR) is 112 cm³/mol. The minimum Gasteiger partial charge on any atom is -0.457 e. The van der Waals surface area contributed by atoms with E-state index in [9.17, 15) is 4.39 Å². The highest BCUT2D eigenvalue weighted by molar-refractivity contribution is 7.16. The van der Waals surface area contributed by atoms with Crippen LogP contribution in [0.25, 0.3) is 5.57 Å². The van der Waals surface area contributed by atoms with Crippen LogP contribution in [0.4, 0.5) is 10.1 Å². The molecule has 1 rings (SSSR count). The number of hydrogen-bond donors (Lipinski definition) is 1. The summed E-state index contributed by atoms with van der Waals surface area (Å²) in [7, 11) is 3.93. The third-order valence-corrected chi connectivity index (χ3v) is 4.58. The van der Waals surface area contributed by atoms with Gasteiger partial charge in [-0.25, -0.2) is 0 Å². The fourth-order valence-electron chi connectivity index (χ4n) is 2.67. The minimum absolute atomic E-state index is 0.538. The van der Waals surface area contributed by atoms with Crippen LogP contribution in [0.1, 0.15) is 52.2 Å². The third-order valence-electron chi connectivity index (χ3n) is 4.44. The maximum absolute atomic E-state index is 13.5. The summed E-state index contributed by atoms with van der Waals surface area (Å²) in [5.41, 5.74) is 6.66. The summed E-state index contributed by atoms with van der Waals surface area (Å²) in [6, 6.07) is 3.84. The zero-order valence-corrected chi connectivity index (χ0v) is 17.4. The van der Waals surface area contributed by atoms with Gasteiger partial charge in [-0.3, -0.25) is 0 Å². The maximum Gasteiger partial charge on any atom is 0.249 e. The fourth-order valence-corrected chi connectivity index (χ4v) is 2.82. The molecule has 0 amide bonds. The van der Waals surface area contributed by atoms with E-state index in [0.29, 0.717) is 5.75 Å². The molecule has 0 saturated heterocycles. The van der Waals surface area contributed by atoms with Crippen LogP contribution >= 0.6 is 9.24 Å². The maximum atomic E-state index is 13.5. The first-order valence-corrected chi connectivity index (χ1v) is 9.47. The summed E-state index contributed by atoms with van der Waals surface area (Å²) in [5, 5.41) is 3.27. The van der Waals surface area contributed by atoms with Crippen LogP contribution in [-0.2, 0) is 6.42 Å². The van der Waals surface area contributed by atoms with E-state index in [1.165, 1.54) is 16.7 Å². The molecule has 0 aliphatic rings. The lowest BCUT2D eigenvalue weighted by molar-refractivity contribution is 0.153. The number of allylic oxidation sites excluding steroid dienone is 6. The number of alkyl halides is 1. The lowest BCUT2D eigenvalue weighted by Crippen LogP contribution is -2.06. The Morgan fingerprint density at radius 2 is 1.96 bits per heavy atom. The SMILES string of the molecule is C\C=C(/C=C\C(C)=C(/C)CC)c1c(OC(F)P)ccc(CC)c1NC. The molecule has 0 aliphatic carbocycles. The van der Waals surface area contributed by atoms with Gasteiger partial charge in [0.1, 0.15) is 5.75 Å². The minimum atomic E-state index is -1.44. The molecule has 0 heterocycles. The van der Waals surface area contributed by atoms with E-state index in [2.05, 4.69) is 45.2 Å². The molecular weight excluding hydrogens is 332 g/mol. The Kier molecular flexibility index (Phi) is 8.92. The lowest BCUT2D eigenvalue weighted by Gasteiger charge is -2.20. The molecule has 2 atom stereocenters. The molecule has 0 aromatic heterocycles. The quantitative estimate of drug-likeness (QED) is 0.420. The molecule has 0 fully saturated rings. The first kappa shape index (κ1) is 21.4. The molecule has 0 spiro atoms. The number of rotatable bonds is 8. The van der Waals surface area contributed by atoms with E-state index in [4.69, 9.17) is 4.74 Å². The van der Waals surface area contributed by atoms with E-state index in [1.807, 2.05) is 41.4 Å². The summed E-state index contributed by atoms with van der Waals surface area (Å²) in [5.74, 6) is 0.538.